The van der Waals surface area contributed by atoms with Gasteiger partial charge in [-0.1, -0.05) is 13.0 Å². The third kappa shape index (κ3) is 2.88. The zero-order valence-electron chi connectivity index (χ0n) is 16.6. The molecule has 1 fully saturated rings. The number of nitrogens with zero attached hydrogens (tertiary/aromatic N) is 3. The van der Waals surface area contributed by atoms with Crippen molar-refractivity contribution in [2.45, 2.75) is 26.2 Å². The van der Waals surface area contributed by atoms with Gasteiger partial charge in [-0.3, -0.25) is 0 Å². The van der Waals surface area contributed by atoms with Crippen LogP contribution >= 0.6 is 0 Å². The number of halogens is 1. The topological polar surface area (TPSA) is 11.8 Å². The lowest BCUT2D eigenvalue weighted by molar-refractivity contribution is -0.479. The van der Waals surface area contributed by atoms with Gasteiger partial charge in [-0.05, 0) is 73.4 Å². The van der Waals surface area contributed by atoms with E-state index in [1.54, 1.807) is 0 Å². The van der Waals surface area contributed by atoms with Crippen LogP contribution in [0, 0.1) is 0 Å². The molecule has 3 aromatic heterocycles. The Hall–Kier alpha value is -2.34. The van der Waals surface area contributed by atoms with Gasteiger partial charge in [0.25, 0.3) is 5.65 Å². The third-order valence-electron chi connectivity index (χ3n) is 6.32. The summed E-state index contributed by atoms with van der Waals surface area (Å²) in [4.78, 5) is 2.50. The van der Waals surface area contributed by atoms with Crippen LogP contribution in [0.25, 0.3) is 33.0 Å². The quantitative estimate of drug-likeness (QED) is 0.271. The molecule has 1 saturated heterocycles. The number of hydrogen-bond donors (Lipinski definition) is 0. The first-order chi connectivity index (χ1) is 13.8. The molecule has 0 unspecified atom stereocenters. The number of imidazole rings is 1. The van der Waals surface area contributed by atoms with Gasteiger partial charge in [0.1, 0.15) is 17.2 Å². The second-order valence-electron chi connectivity index (χ2n) is 7.97. The molecule has 3 nitrogen and oxygen atoms in total. The minimum absolute atomic E-state index is 0. The summed E-state index contributed by atoms with van der Waals surface area (Å²) < 4.78 is 4.72. The van der Waals surface area contributed by atoms with Gasteiger partial charge in [0.2, 0.25) is 0 Å². The number of aromatic nitrogens is 2. The van der Waals surface area contributed by atoms with Gasteiger partial charge in [-0.25, -0.2) is 0 Å². The largest absolute Gasteiger partial charge is 1.00 e. The minimum atomic E-state index is 0. The zero-order valence-corrected chi connectivity index (χ0v) is 18.8. The van der Waals surface area contributed by atoms with Gasteiger partial charge in [0, 0.05) is 35.6 Å². The van der Waals surface area contributed by atoms with Gasteiger partial charge < -0.3 is 28.9 Å². The lowest BCUT2D eigenvalue weighted by Gasteiger charge is -2.17. The Labute approximate surface area is 187 Å². The van der Waals surface area contributed by atoms with E-state index in [2.05, 4.69) is 87.5 Å². The number of hydrogen-bond acceptors (Lipinski definition) is 1. The molecule has 6 rings (SSSR count). The molecule has 0 spiro atoms. The molecule has 0 aliphatic carbocycles. The molecule has 2 aromatic carbocycles. The van der Waals surface area contributed by atoms with Crippen LogP contribution < -0.4 is 33.3 Å². The molecule has 1 aliphatic heterocycles. The van der Waals surface area contributed by atoms with E-state index in [-0.39, 0.29) is 24.0 Å². The van der Waals surface area contributed by atoms with Crippen molar-refractivity contribution >= 4 is 38.7 Å². The molecule has 29 heavy (non-hydrogen) atoms. The van der Waals surface area contributed by atoms with Crippen LogP contribution in [0.4, 0.5) is 5.69 Å². The van der Waals surface area contributed by atoms with Gasteiger partial charge in [0.15, 0.2) is 5.52 Å². The SMILES string of the molecule is CCc1ccc2c(ccc3n4c(ccc5cc(N6CCCC6)ccc54)c[n+]23)c1.[I-]. The first-order valence-corrected chi connectivity index (χ1v) is 10.4. The summed E-state index contributed by atoms with van der Waals surface area (Å²) >= 11 is 0. The van der Waals surface area contributed by atoms with Crippen molar-refractivity contribution in [3.63, 3.8) is 0 Å². The number of fused-ring (bicyclic) bond motifs is 7. The highest BCUT2D eigenvalue weighted by atomic mass is 127. The average molecular weight is 493 g/mol. The first-order valence-electron chi connectivity index (χ1n) is 10.4. The molecular weight excluding hydrogens is 469 g/mol. The third-order valence-corrected chi connectivity index (χ3v) is 6.32. The predicted molar refractivity (Wildman–Crippen MR) is 116 cm³/mol. The maximum atomic E-state index is 2.50. The van der Waals surface area contributed by atoms with E-state index >= 15 is 0 Å². The Bertz CT molecular complexity index is 1360. The molecule has 0 saturated carbocycles. The fraction of sp³-hybridized carbons (Fsp3) is 0.240. The normalized spacial score (nSPS) is 14.3. The van der Waals surface area contributed by atoms with Gasteiger partial charge in [0.05, 0.1) is 0 Å². The summed E-state index contributed by atoms with van der Waals surface area (Å²) in [6.07, 6.45) is 5.95. The summed E-state index contributed by atoms with van der Waals surface area (Å²) in [5.41, 5.74) is 7.72. The second kappa shape index (κ2) is 7.17. The Kier molecular flexibility index (Phi) is 4.62. The van der Waals surface area contributed by atoms with Gasteiger partial charge >= 0.3 is 0 Å². The van der Waals surface area contributed by atoms with Crippen molar-refractivity contribution < 1.29 is 28.4 Å². The highest BCUT2D eigenvalue weighted by molar-refractivity contribution is 5.88. The van der Waals surface area contributed by atoms with Crippen molar-refractivity contribution in [2.75, 3.05) is 18.0 Å². The maximum Gasteiger partial charge on any atom is 0.292 e. The monoisotopic (exact) mass is 493 g/mol. The van der Waals surface area contributed by atoms with E-state index in [0.717, 1.165) is 6.42 Å². The number of pyridine rings is 2. The zero-order chi connectivity index (χ0) is 18.7. The summed E-state index contributed by atoms with van der Waals surface area (Å²) in [6.45, 7) is 4.58. The summed E-state index contributed by atoms with van der Waals surface area (Å²) in [5.74, 6) is 0. The van der Waals surface area contributed by atoms with E-state index in [1.807, 2.05) is 0 Å². The molecule has 1 aliphatic rings. The molecular formula is C25H24IN3. The Balaban J connectivity index is 0.00000181. The van der Waals surface area contributed by atoms with E-state index in [9.17, 15) is 0 Å². The minimum Gasteiger partial charge on any atom is -1.00 e. The lowest BCUT2D eigenvalue weighted by Crippen LogP contribution is -3.00. The smallest absolute Gasteiger partial charge is 0.292 e. The Morgan fingerprint density at radius 3 is 2.52 bits per heavy atom. The van der Waals surface area contributed by atoms with E-state index < -0.39 is 0 Å². The number of benzene rings is 2. The predicted octanol–water partition coefficient (Wildman–Crippen LogP) is 2.15. The summed E-state index contributed by atoms with van der Waals surface area (Å²) in [5, 5.41) is 2.60. The molecule has 146 valence electrons. The Morgan fingerprint density at radius 1 is 0.862 bits per heavy atom. The highest BCUT2D eigenvalue weighted by Gasteiger charge is 2.18. The van der Waals surface area contributed by atoms with Crippen molar-refractivity contribution in [1.29, 1.82) is 0 Å². The molecule has 0 bridgehead atoms. The van der Waals surface area contributed by atoms with Crippen molar-refractivity contribution in [2.24, 2.45) is 0 Å². The van der Waals surface area contributed by atoms with Gasteiger partial charge in [-0.2, -0.15) is 8.80 Å². The summed E-state index contributed by atoms with van der Waals surface area (Å²) in [6, 6.07) is 22.8. The van der Waals surface area contributed by atoms with E-state index in [0.29, 0.717) is 0 Å². The van der Waals surface area contributed by atoms with Crippen LogP contribution in [0.1, 0.15) is 25.3 Å². The van der Waals surface area contributed by atoms with Crippen molar-refractivity contribution in [3.05, 3.63) is 72.4 Å². The fourth-order valence-electron chi connectivity index (χ4n) is 4.79. The van der Waals surface area contributed by atoms with E-state index in [1.165, 1.54) is 70.2 Å². The molecule has 4 heterocycles. The summed E-state index contributed by atoms with van der Waals surface area (Å²) in [7, 11) is 0. The molecule has 5 aromatic rings. The van der Waals surface area contributed by atoms with Crippen LogP contribution in [0.5, 0.6) is 0 Å². The number of aryl methyl sites for hydroxylation is 1. The van der Waals surface area contributed by atoms with E-state index in [4.69, 9.17) is 0 Å². The van der Waals surface area contributed by atoms with Gasteiger partial charge in [-0.15, -0.1) is 0 Å². The number of rotatable bonds is 2. The van der Waals surface area contributed by atoms with Crippen LogP contribution in [0.2, 0.25) is 0 Å². The van der Waals surface area contributed by atoms with Crippen LogP contribution in [-0.4, -0.2) is 17.5 Å². The highest BCUT2D eigenvalue weighted by Crippen LogP contribution is 2.27. The molecule has 0 amide bonds. The molecule has 0 atom stereocenters. The van der Waals surface area contributed by atoms with Crippen LogP contribution in [-0.2, 0) is 6.42 Å². The van der Waals surface area contributed by atoms with Crippen LogP contribution in [0.3, 0.4) is 0 Å². The first kappa shape index (κ1) is 18.7. The standard InChI is InChI=1S/C25H24N3.HI/c1-2-18-5-10-23-19(15-18)7-12-25-27(23)17-22-8-6-20-16-21(26-13-3-4-14-26)9-11-24(20)28(22)25;/h5-12,15-17H,2-4,13-14H2,1H3;1H/q+1;/p-1. The molecule has 0 N–H and O–H groups in total. The fourth-order valence-corrected chi connectivity index (χ4v) is 4.79. The molecule has 0 radical (unpaired) electrons. The lowest BCUT2D eigenvalue weighted by atomic mass is 10.1. The van der Waals surface area contributed by atoms with Crippen molar-refractivity contribution in [1.82, 2.24) is 4.40 Å². The average Bonchev–Trinajstić information content (AvgIpc) is 3.40. The second-order valence-corrected chi connectivity index (χ2v) is 7.97. The Morgan fingerprint density at radius 2 is 1.69 bits per heavy atom. The van der Waals surface area contributed by atoms with Crippen molar-refractivity contribution in [3.8, 4) is 0 Å². The number of anilines is 1. The maximum absolute atomic E-state index is 2.50. The molecule has 4 heteroatoms. The van der Waals surface area contributed by atoms with Crippen LogP contribution in [0.15, 0.2) is 66.9 Å².